The Morgan fingerprint density at radius 1 is 0.350 bits per heavy atom. The number of unbranched alkanes of at least 4 members (excludes halogenated alkanes) is 49. The van der Waals surface area contributed by atoms with E-state index in [9.17, 15) is 61.0 Å². The van der Waals surface area contributed by atoms with E-state index in [0.29, 0.717) is 6.42 Å². The molecule has 19 nitrogen and oxygen atoms in total. The molecule has 19 heteroatoms. The van der Waals surface area contributed by atoms with Crippen molar-refractivity contribution >= 4 is 5.91 Å². The number of amides is 1. The molecule has 17 atom stereocenters. The summed E-state index contributed by atoms with van der Waals surface area (Å²) >= 11 is 0. The first kappa shape index (κ1) is 92.5. The molecule has 0 bridgehead atoms. The summed E-state index contributed by atoms with van der Waals surface area (Å²) in [6.45, 7) is 1.80. The van der Waals surface area contributed by atoms with E-state index in [1.165, 1.54) is 283 Å². The molecule has 0 spiro atoms. The zero-order valence-electron chi connectivity index (χ0n) is 63.2. The number of hydrogen-bond acceptors (Lipinski definition) is 18. The third kappa shape index (κ3) is 42.0. The fourth-order valence-corrected chi connectivity index (χ4v) is 14.3. The van der Waals surface area contributed by atoms with E-state index in [2.05, 4.69) is 31.3 Å². The molecule has 0 saturated carbocycles. The van der Waals surface area contributed by atoms with Crippen LogP contribution >= 0.6 is 0 Å². The first-order chi connectivity index (χ1) is 48.8. The molecule has 590 valence electrons. The first-order valence-electron chi connectivity index (χ1n) is 41.6. The van der Waals surface area contributed by atoms with Crippen molar-refractivity contribution in [1.29, 1.82) is 0 Å². The second kappa shape index (κ2) is 62.3. The van der Waals surface area contributed by atoms with Crippen LogP contribution in [0.3, 0.4) is 0 Å². The van der Waals surface area contributed by atoms with Gasteiger partial charge in [-0.3, -0.25) is 4.79 Å². The van der Waals surface area contributed by atoms with Crippen LogP contribution in [-0.2, 0) is 33.2 Å². The van der Waals surface area contributed by atoms with Crippen molar-refractivity contribution in [1.82, 2.24) is 5.32 Å². The van der Waals surface area contributed by atoms with Crippen LogP contribution in [0, 0.1) is 0 Å². The molecule has 0 aromatic carbocycles. The summed E-state index contributed by atoms with van der Waals surface area (Å²) in [6, 6.07) is -0.972. The standard InChI is InChI=1S/C81H153NO18/c1-3-5-7-9-11-13-15-17-19-21-23-25-27-28-29-30-31-32-33-34-35-36-37-39-41-43-45-47-49-51-53-55-57-59-69(87)82-64(65(86)58-56-54-52-50-48-46-44-42-40-38-26-24-22-20-18-16-14-12-10-8-6-4-2)63-95-79-75(93)72(90)77(67(61-84)97-79)100-81-76(94)73(91)78(68(62-85)98-81)99-80-74(92)71(89)70(88)66(60-83)96-80/h21,23,56,58,64-68,70-81,83-86,88-94H,3-20,22,24-55,57,59-63H2,1-2H3,(H,82,87)/b23-21-,58-56+. The largest absolute Gasteiger partial charge is 0.394 e. The highest BCUT2D eigenvalue weighted by atomic mass is 16.8. The molecule has 3 aliphatic rings. The van der Waals surface area contributed by atoms with Gasteiger partial charge in [0.2, 0.25) is 5.91 Å². The average Bonchev–Trinajstić information content (AvgIpc) is 0.783. The highest BCUT2D eigenvalue weighted by molar-refractivity contribution is 5.76. The van der Waals surface area contributed by atoms with Gasteiger partial charge in [-0.15, -0.1) is 0 Å². The number of carbonyl (C=O) groups is 1. The Bertz CT molecular complexity index is 1900. The second-order valence-corrected chi connectivity index (χ2v) is 29.9. The predicted molar refractivity (Wildman–Crippen MR) is 397 cm³/mol. The predicted octanol–water partition coefficient (Wildman–Crippen LogP) is 14.1. The van der Waals surface area contributed by atoms with Gasteiger partial charge in [-0.05, 0) is 44.9 Å². The third-order valence-corrected chi connectivity index (χ3v) is 21.0. The van der Waals surface area contributed by atoms with Crippen LogP contribution in [-0.4, -0.2) is 193 Å². The molecular formula is C81H153NO18. The number of carbonyl (C=O) groups excluding carboxylic acids is 1. The number of nitrogens with one attached hydrogen (secondary N) is 1. The molecule has 0 aromatic rings. The molecule has 3 rings (SSSR count). The minimum atomic E-state index is -1.98. The summed E-state index contributed by atoms with van der Waals surface area (Å²) < 4.78 is 34.5. The number of hydrogen-bond donors (Lipinski definition) is 12. The van der Waals surface area contributed by atoms with E-state index < -0.39 is 124 Å². The van der Waals surface area contributed by atoms with Crippen LogP contribution in [0.5, 0.6) is 0 Å². The maximum Gasteiger partial charge on any atom is 0.220 e. The first-order valence-corrected chi connectivity index (χ1v) is 41.6. The van der Waals surface area contributed by atoms with Crippen molar-refractivity contribution in [2.75, 3.05) is 26.4 Å². The summed E-state index contributed by atoms with van der Waals surface area (Å²) in [5, 5.41) is 121. The number of aliphatic hydroxyl groups excluding tert-OH is 11. The monoisotopic (exact) mass is 1430 g/mol. The van der Waals surface area contributed by atoms with Gasteiger partial charge in [0.05, 0.1) is 38.6 Å². The smallest absolute Gasteiger partial charge is 0.220 e. The topological polar surface area (TPSA) is 307 Å². The molecule has 0 aliphatic carbocycles. The van der Waals surface area contributed by atoms with E-state index in [4.69, 9.17) is 28.4 Å². The highest BCUT2D eigenvalue weighted by Crippen LogP contribution is 2.33. The van der Waals surface area contributed by atoms with Crippen LogP contribution in [0.4, 0.5) is 0 Å². The number of aliphatic hydroxyl groups is 11. The Morgan fingerprint density at radius 2 is 0.630 bits per heavy atom. The maximum atomic E-state index is 13.5. The fraction of sp³-hybridized carbons (Fsp3) is 0.938. The number of ether oxygens (including phenoxy) is 6. The van der Waals surface area contributed by atoms with Crippen molar-refractivity contribution in [3.63, 3.8) is 0 Å². The van der Waals surface area contributed by atoms with Crippen LogP contribution in [0.15, 0.2) is 24.3 Å². The van der Waals surface area contributed by atoms with Gasteiger partial charge in [0.25, 0.3) is 0 Å². The van der Waals surface area contributed by atoms with Crippen molar-refractivity contribution in [3.8, 4) is 0 Å². The Morgan fingerprint density at radius 3 is 0.970 bits per heavy atom. The lowest BCUT2D eigenvalue weighted by Crippen LogP contribution is -2.66. The normalized spacial score (nSPS) is 26.5. The van der Waals surface area contributed by atoms with Crippen LogP contribution in [0.2, 0.25) is 0 Å². The average molecular weight is 1430 g/mol. The molecule has 3 saturated heterocycles. The highest BCUT2D eigenvalue weighted by Gasteiger charge is 2.54. The van der Waals surface area contributed by atoms with Crippen LogP contribution in [0.25, 0.3) is 0 Å². The van der Waals surface area contributed by atoms with Gasteiger partial charge in [0.15, 0.2) is 18.9 Å². The quantitative estimate of drug-likeness (QED) is 0.0199. The van der Waals surface area contributed by atoms with E-state index in [0.717, 1.165) is 44.9 Å². The molecule has 12 N–H and O–H groups in total. The second-order valence-electron chi connectivity index (χ2n) is 29.9. The van der Waals surface area contributed by atoms with E-state index in [1.54, 1.807) is 6.08 Å². The van der Waals surface area contributed by atoms with Gasteiger partial charge in [0.1, 0.15) is 73.2 Å². The summed E-state index contributed by atoms with van der Waals surface area (Å²) in [7, 11) is 0. The number of rotatable bonds is 67. The number of allylic oxidation sites excluding steroid dienone is 3. The molecule has 1 amide bonds. The Balaban J connectivity index is 1.35. The molecule has 3 aliphatic heterocycles. The minimum absolute atomic E-state index is 0.249. The summed E-state index contributed by atoms with van der Waals surface area (Å²) in [4.78, 5) is 13.5. The Kier molecular flexibility index (Phi) is 57.6. The SMILES string of the molecule is CCCCCCCCCC/C=C\CCCCCCCCCCCCCCCCCCCCCCCC(=O)NC(COC1OC(CO)C(OC2OC(CO)C(OC3OC(CO)C(O)C(O)C3O)C(O)C2O)C(O)C1O)C(O)/C=C/CCCCCCCCCCCCCCCCCCCCCC. The van der Waals surface area contributed by atoms with Crippen molar-refractivity contribution < 1.29 is 89.4 Å². The zero-order chi connectivity index (χ0) is 72.5. The van der Waals surface area contributed by atoms with E-state index in [-0.39, 0.29) is 18.9 Å². The summed E-state index contributed by atoms with van der Waals surface area (Å²) in [5.74, 6) is -0.267. The van der Waals surface area contributed by atoms with Gasteiger partial charge in [-0.25, -0.2) is 0 Å². The van der Waals surface area contributed by atoms with Crippen LogP contribution in [0.1, 0.15) is 354 Å². The molecule has 3 fully saturated rings. The molecular weight excluding hydrogens is 1270 g/mol. The lowest BCUT2D eigenvalue weighted by atomic mass is 9.96. The van der Waals surface area contributed by atoms with E-state index in [1.807, 2.05) is 6.08 Å². The summed E-state index contributed by atoms with van der Waals surface area (Å²) in [6.07, 6.45) is 48.9. The van der Waals surface area contributed by atoms with Gasteiger partial charge in [-0.2, -0.15) is 0 Å². The van der Waals surface area contributed by atoms with Crippen LogP contribution < -0.4 is 5.32 Å². The minimum Gasteiger partial charge on any atom is -0.394 e. The Hall–Kier alpha value is -1.73. The Labute approximate surface area is 607 Å². The van der Waals surface area contributed by atoms with Gasteiger partial charge >= 0.3 is 0 Å². The van der Waals surface area contributed by atoms with Gasteiger partial charge in [0, 0.05) is 6.42 Å². The van der Waals surface area contributed by atoms with Gasteiger partial charge < -0.3 is 89.9 Å². The molecule has 0 radical (unpaired) electrons. The third-order valence-electron chi connectivity index (χ3n) is 21.0. The fourth-order valence-electron chi connectivity index (χ4n) is 14.3. The molecule has 0 aromatic heterocycles. The van der Waals surface area contributed by atoms with Crippen molar-refractivity contribution in [3.05, 3.63) is 24.3 Å². The van der Waals surface area contributed by atoms with E-state index >= 15 is 0 Å². The lowest BCUT2D eigenvalue weighted by molar-refractivity contribution is -0.379. The zero-order valence-corrected chi connectivity index (χ0v) is 63.2. The van der Waals surface area contributed by atoms with Crippen molar-refractivity contribution in [2.45, 2.75) is 458 Å². The van der Waals surface area contributed by atoms with Gasteiger partial charge in [-0.1, -0.05) is 327 Å². The molecule has 17 unspecified atom stereocenters. The molecule has 3 heterocycles. The maximum absolute atomic E-state index is 13.5. The molecule has 100 heavy (non-hydrogen) atoms. The van der Waals surface area contributed by atoms with Crippen molar-refractivity contribution in [2.24, 2.45) is 0 Å². The summed E-state index contributed by atoms with van der Waals surface area (Å²) in [5.41, 5.74) is 0. The lowest BCUT2D eigenvalue weighted by Gasteiger charge is -2.48.